The second-order valence-electron chi connectivity index (χ2n) is 17.8. The van der Waals surface area contributed by atoms with Crippen LogP contribution in [0, 0.1) is 37.5 Å². The molecule has 0 bridgehead atoms. The van der Waals surface area contributed by atoms with Gasteiger partial charge in [0, 0.05) is 49.1 Å². The Kier molecular flexibility index (Phi) is 12.4. The molecule has 2 saturated heterocycles. The van der Waals surface area contributed by atoms with E-state index in [0.29, 0.717) is 24.2 Å². The van der Waals surface area contributed by atoms with Gasteiger partial charge in [-0.2, -0.15) is 8.61 Å². The molecule has 6 aromatic carbocycles. The van der Waals surface area contributed by atoms with Gasteiger partial charge in [0.2, 0.25) is 20.0 Å². The van der Waals surface area contributed by atoms with Crippen molar-refractivity contribution in [1.82, 2.24) is 8.61 Å². The zero-order valence-corrected chi connectivity index (χ0v) is 38.0. The van der Waals surface area contributed by atoms with Crippen LogP contribution in [0.25, 0.3) is 21.5 Å². The maximum absolute atomic E-state index is 13.9. The number of carbonyl (C=O) groups excluding carboxylic acids is 2. The molecule has 4 atom stereocenters. The fraction of sp³-hybridized carbons (Fsp3) is 0.296. The molecule has 0 amide bonds. The van der Waals surface area contributed by atoms with E-state index >= 15 is 0 Å². The van der Waals surface area contributed by atoms with Crippen molar-refractivity contribution in [3.05, 3.63) is 179 Å². The van der Waals surface area contributed by atoms with Gasteiger partial charge in [-0.15, -0.1) is 0 Å². The molecule has 8 nitrogen and oxygen atoms in total. The Morgan fingerprint density at radius 3 is 1.27 bits per heavy atom. The molecular formula is C54H54N2O6S2. The van der Waals surface area contributed by atoms with Gasteiger partial charge < -0.3 is 0 Å². The Morgan fingerprint density at radius 2 is 0.859 bits per heavy atom. The molecule has 0 unspecified atom stereocenters. The molecule has 10 heteroatoms. The number of Topliss-reactive ketones (excluding diaryl/α,β-unsaturated/α-hetero) is 2. The lowest BCUT2D eigenvalue weighted by atomic mass is 9.73. The van der Waals surface area contributed by atoms with E-state index in [4.69, 9.17) is 0 Å². The van der Waals surface area contributed by atoms with E-state index in [0.717, 1.165) is 82.3 Å². The van der Waals surface area contributed by atoms with Crippen molar-refractivity contribution in [3.8, 4) is 0 Å². The van der Waals surface area contributed by atoms with Crippen LogP contribution in [0.5, 0.6) is 0 Å². The lowest BCUT2D eigenvalue weighted by Crippen LogP contribution is -2.48. The van der Waals surface area contributed by atoms with Gasteiger partial charge in [-0.25, -0.2) is 16.8 Å². The van der Waals surface area contributed by atoms with Crippen LogP contribution in [0.4, 0.5) is 0 Å². The molecule has 64 heavy (non-hydrogen) atoms. The minimum absolute atomic E-state index is 0.0448. The van der Waals surface area contributed by atoms with Crippen molar-refractivity contribution in [1.29, 1.82) is 0 Å². The Labute approximate surface area is 377 Å². The fourth-order valence-electron chi connectivity index (χ4n) is 10.3. The van der Waals surface area contributed by atoms with Crippen molar-refractivity contribution in [2.24, 2.45) is 23.7 Å². The van der Waals surface area contributed by atoms with Crippen molar-refractivity contribution in [2.45, 2.75) is 62.2 Å². The molecule has 6 aromatic rings. The van der Waals surface area contributed by atoms with Gasteiger partial charge >= 0.3 is 0 Å². The fourth-order valence-corrected chi connectivity index (χ4v) is 13.2. The molecule has 4 aliphatic rings. The summed E-state index contributed by atoms with van der Waals surface area (Å²) in [6.45, 7) is 5.07. The average Bonchev–Trinajstić information content (AvgIpc) is 3.33. The topological polar surface area (TPSA) is 109 Å². The number of allylic oxidation sites excluding steroid dienone is 2. The van der Waals surface area contributed by atoms with Gasteiger partial charge in [-0.3, -0.25) is 9.59 Å². The number of piperidine rings is 2. The third kappa shape index (κ3) is 8.56. The number of fused-ring (bicyclic) bond motifs is 4. The number of hydrogen-bond acceptors (Lipinski definition) is 6. The van der Waals surface area contributed by atoms with Crippen LogP contribution in [-0.4, -0.2) is 63.2 Å². The number of aryl methyl sites for hydroxylation is 2. The molecule has 0 saturated carbocycles. The quantitative estimate of drug-likeness (QED) is 0.111. The van der Waals surface area contributed by atoms with Crippen molar-refractivity contribution >= 4 is 53.2 Å². The van der Waals surface area contributed by atoms with Gasteiger partial charge in [0.15, 0.2) is 11.6 Å². The average molecular weight is 891 g/mol. The van der Waals surface area contributed by atoms with E-state index in [9.17, 15) is 26.4 Å². The molecule has 328 valence electrons. The van der Waals surface area contributed by atoms with Gasteiger partial charge in [-0.1, -0.05) is 144 Å². The van der Waals surface area contributed by atoms with E-state index in [1.165, 1.54) is 8.61 Å². The predicted molar refractivity (Wildman–Crippen MR) is 254 cm³/mol. The highest BCUT2D eigenvalue weighted by atomic mass is 32.2. The SMILES string of the molecule is Cc1ccc(S(=O)(=O)N2CC3=CCCC[C@@H]3[C@@H](C(=O)c3cccc4ccccc34)C2)cc1.Cc1ccc(S(=O)(=O)N2CC3=CCCC[C@H]3[C@H](C(=O)c3cccc4ccccc34)C2)cc1. The van der Waals surface area contributed by atoms with Crippen LogP contribution in [0.1, 0.15) is 70.4 Å². The highest BCUT2D eigenvalue weighted by Gasteiger charge is 2.44. The molecule has 0 spiro atoms. The molecule has 2 fully saturated rings. The van der Waals surface area contributed by atoms with Crippen molar-refractivity contribution in [3.63, 3.8) is 0 Å². The summed E-state index contributed by atoms with van der Waals surface area (Å²) in [6, 6.07) is 41.3. The first-order valence-electron chi connectivity index (χ1n) is 22.5. The number of carbonyl (C=O) groups is 2. The zero-order valence-electron chi connectivity index (χ0n) is 36.4. The third-order valence-electron chi connectivity index (χ3n) is 13.8. The minimum atomic E-state index is -3.68. The zero-order chi connectivity index (χ0) is 44.6. The predicted octanol–water partition coefficient (Wildman–Crippen LogP) is 10.8. The van der Waals surface area contributed by atoms with E-state index in [1.54, 1.807) is 24.3 Å². The first kappa shape index (κ1) is 43.7. The van der Waals surface area contributed by atoms with Gasteiger partial charge in [-0.05, 0) is 110 Å². The number of ketones is 2. The monoisotopic (exact) mass is 890 g/mol. The lowest BCUT2D eigenvalue weighted by Gasteiger charge is -2.41. The van der Waals surface area contributed by atoms with Gasteiger partial charge in [0.05, 0.1) is 9.79 Å². The van der Waals surface area contributed by atoms with Crippen molar-refractivity contribution < 1.29 is 26.4 Å². The normalized spacial score (nSPS) is 21.7. The smallest absolute Gasteiger partial charge is 0.243 e. The Morgan fingerprint density at radius 1 is 0.484 bits per heavy atom. The number of nitrogens with zero attached hydrogens (tertiary/aromatic N) is 2. The molecular weight excluding hydrogens is 837 g/mol. The van der Waals surface area contributed by atoms with Crippen molar-refractivity contribution in [2.75, 3.05) is 26.2 Å². The number of hydrogen-bond donors (Lipinski definition) is 0. The van der Waals surface area contributed by atoms with Crippen LogP contribution in [0.2, 0.25) is 0 Å². The molecule has 2 aliphatic carbocycles. The van der Waals surface area contributed by atoms with Gasteiger partial charge in [0.1, 0.15) is 0 Å². The standard InChI is InChI=1S/2C27H27NO3S/c2*1-19-13-15-22(16-14-19)32(30,31)28-17-21-8-3-5-11-24(21)26(18-28)27(29)25-12-6-9-20-7-2-4-10-23(20)25/h2*2,4,6-10,12-16,24,26H,3,5,11,17-18H2,1H3/t2*24-,26-/m10/s1. The maximum Gasteiger partial charge on any atom is 0.243 e. The summed E-state index contributed by atoms with van der Waals surface area (Å²) in [5.74, 6) is -0.436. The molecule has 0 aromatic heterocycles. The highest BCUT2D eigenvalue weighted by Crippen LogP contribution is 2.42. The Hall–Kier alpha value is -5.52. The number of rotatable bonds is 8. The first-order valence-corrected chi connectivity index (χ1v) is 25.3. The van der Waals surface area contributed by atoms with Crippen LogP contribution in [0.15, 0.2) is 167 Å². The summed E-state index contributed by atoms with van der Waals surface area (Å²) < 4.78 is 56.9. The molecule has 0 N–H and O–H groups in total. The van der Waals surface area contributed by atoms with Crippen LogP contribution < -0.4 is 0 Å². The van der Waals surface area contributed by atoms with Crippen LogP contribution >= 0.6 is 0 Å². The highest BCUT2D eigenvalue weighted by molar-refractivity contribution is 7.89. The summed E-state index contributed by atoms with van der Waals surface area (Å²) in [7, 11) is -7.36. The van der Waals surface area contributed by atoms with Crippen LogP contribution in [0.3, 0.4) is 0 Å². The second kappa shape index (κ2) is 18.2. The second-order valence-corrected chi connectivity index (χ2v) is 21.7. The maximum atomic E-state index is 13.9. The summed E-state index contributed by atoms with van der Waals surface area (Å²) in [5.41, 5.74) is 5.59. The third-order valence-corrected chi connectivity index (χ3v) is 17.4. The molecule has 0 radical (unpaired) electrons. The van der Waals surface area contributed by atoms with E-state index in [1.807, 2.05) is 123 Å². The number of sulfonamides is 2. The first-order chi connectivity index (χ1) is 30.9. The minimum Gasteiger partial charge on any atom is -0.294 e. The van der Waals surface area contributed by atoms with E-state index in [-0.39, 0.29) is 58.1 Å². The van der Waals surface area contributed by atoms with E-state index < -0.39 is 20.0 Å². The summed E-state index contributed by atoms with van der Waals surface area (Å²) in [4.78, 5) is 28.3. The Bertz CT molecular complexity index is 2810. The van der Waals surface area contributed by atoms with Crippen LogP contribution in [-0.2, 0) is 20.0 Å². The lowest BCUT2D eigenvalue weighted by molar-refractivity contribution is 0.0823. The van der Waals surface area contributed by atoms with Gasteiger partial charge in [0.25, 0.3) is 0 Å². The molecule has 10 rings (SSSR count). The van der Waals surface area contributed by atoms with E-state index in [2.05, 4.69) is 12.2 Å². The Balaban J connectivity index is 0.000000162. The summed E-state index contributed by atoms with van der Waals surface area (Å²) >= 11 is 0. The molecule has 2 heterocycles. The number of benzene rings is 6. The summed E-state index contributed by atoms with van der Waals surface area (Å²) in [6.07, 6.45) is 10.2. The summed E-state index contributed by atoms with van der Waals surface area (Å²) in [5, 5.41) is 3.91. The largest absolute Gasteiger partial charge is 0.294 e. The molecule has 2 aliphatic heterocycles.